The molecule has 0 saturated carbocycles. The summed E-state index contributed by atoms with van der Waals surface area (Å²) in [6.07, 6.45) is 5.22. The average molecular weight is 555 g/mol. The molecular formula is C19H26ClF2IN6O. The molecule has 1 aliphatic rings. The number of aryl methyl sites for hydroxylation is 1. The summed E-state index contributed by atoms with van der Waals surface area (Å²) >= 11 is 5.98. The van der Waals surface area contributed by atoms with Gasteiger partial charge in [0.2, 0.25) is 0 Å². The van der Waals surface area contributed by atoms with Gasteiger partial charge < -0.3 is 19.9 Å². The first kappa shape index (κ1) is 24.6. The third-order valence-corrected chi connectivity index (χ3v) is 4.97. The summed E-state index contributed by atoms with van der Waals surface area (Å²) in [6.45, 7) is -1.08. The molecule has 30 heavy (non-hydrogen) atoms. The van der Waals surface area contributed by atoms with Crippen LogP contribution in [0.4, 0.5) is 8.78 Å². The van der Waals surface area contributed by atoms with Crippen molar-refractivity contribution in [3.8, 4) is 5.75 Å². The van der Waals surface area contributed by atoms with Crippen LogP contribution < -0.4 is 15.4 Å². The predicted octanol–water partition coefficient (Wildman–Crippen LogP) is 3.79. The number of aromatic nitrogens is 3. The van der Waals surface area contributed by atoms with E-state index in [0.29, 0.717) is 29.5 Å². The van der Waals surface area contributed by atoms with Crippen molar-refractivity contribution >= 4 is 41.5 Å². The molecule has 1 aromatic carbocycles. The van der Waals surface area contributed by atoms with Crippen LogP contribution in [0.1, 0.15) is 36.5 Å². The summed E-state index contributed by atoms with van der Waals surface area (Å²) in [5.41, 5.74) is 0.517. The Balaban J connectivity index is 0.00000320. The molecule has 11 heteroatoms. The van der Waals surface area contributed by atoms with E-state index in [1.165, 1.54) is 18.6 Å². The van der Waals surface area contributed by atoms with Gasteiger partial charge in [0.25, 0.3) is 0 Å². The Morgan fingerprint density at radius 3 is 2.87 bits per heavy atom. The lowest BCUT2D eigenvalue weighted by Gasteiger charge is -2.15. The van der Waals surface area contributed by atoms with Crippen molar-refractivity contribution in [1.29, 1.82) is 0 Å². The molecule has 0 radical (unpaired) electrons. The fourth-order valence-electron chi connectivity index (χ4n) is 3.32. The number of halogens is 4. The number of alkyl halides is 2. The highest BCUT2D eigenvalue weighted by molar-refractivity contribution is 14.0. The van der Waals surface area contributed by atoms with Crippen LogP contribution in [-0.4, -0.2) is 40.9 Å². The molecule has 0 spiro atoms. The second-order valence-electron chi connectivity index (χ2n) is 6.73. The molecule has 2 N–H and O–H groups in total. The minimum Gasteiger partial charge on any atom is -0.434 e. The van der Waals surface area contributed by atoms with Crippen molar-refractivity contribution in [3.05, 3.63) is 40.4 Å². The molecule has 0 atom stereocenters. The molecule has 7 nitrogen and oxygen atoms in total. The Kier molecular flexibility index (Phi) is 10.0. The Bertz CT molecular complexity index is 848. The predicted molar refractivity (Wildman–Crippen MR) is 123 cm³/mol. The molecule has 0 saturated heterocycles. The Hall–Kier alpha value is -1.69. The maximum absolute atomic E-state index is 12.6. The van der Waals surface area contributed by atoms with Crippen molar-refractivity contribution in [2.75, 3.05) is 13.6 Å². The molecule has 3 rings (SSSR count). The number of guanidine groups is 1. The van der Waals surface area contributed by atoms with Crippen LogP contribution >= 0.6 is 35.6 Å². The maximum Gasteiger partial charge on any atom is 0.387 e. The van der Waals surface area contributed by atoms with E-state index >= 15 is 0 Å². The molecule has 0 bridgehead atoms. The summed E-state index contributed by atoms with van der Waals surface area (Å²) < 4.78 is 31.9. The molecule has 1 aromatic heterocycles. The van der Waals surface area contributed by atoms with Gasteiger partial charge in [0.1, 0.15) is 17.4 Å². The molecule has 0 fully saturated rings. The van der Waals surface area contributed by atoms with Gasteiger partial charge in [-0.05, 0) is 31.0 Å². The first-order chi connectivity index (χ1) is 14.1. The van der Waals surface area contributed by atoms with Crippen molar-refractivity contribution in [2.24, 2.45) is 4.99 Å². The van der Waals surface area contributed by atoms with Gasteiger partial charge in [-0.3, -0.25) is 4.99 Å². The molecule has 0 amide bonds. The molecule has 2 aromatic rings. The molecule has 0 unspecified atom stereocenters. The van der Waals surface area contributed by atoms with Gasteiger partial charge in [0, 0.05) is 50.1 Å². The van der Waals surface area contributed by atoms with Crippen LogP contribution in [0.25, 0.3) is 0 Å². The quantitative estimate of drug-likeness (QED) is 0.310. The lowest BCUT2D eigenvalue weighted by molar-refractivity contribution is -0.0504. The minimum absolute atomic E-state index is 0. The lowest BCUT2D eigenvalue weighted by atomic mass is 10.2. The topological polar surface area (TPSA) is 76.4 Å². The average Bonchev–Trinajstić information content (AvgIpc) is 2.92. The van der Waals surface area contributed by atoms with Gasteiger partial charge in [-0.2, -0.15) is 8.78 Å². The Labute approximate surface area is 196 Å². The summed E-state index contributed by atoms with van der Waals surface area (Å²) in [7, 11) is 1.65. The number of fused-ring (bicyclic) bond motifs is 1. The monoisotopic (exact) mass is 554 g/mol. The molecule has 1 aliphatic heterocycles. The first-order valence-electron chi connectivity index (χ1n) is 9.65. The number of hydrogen-bond acceptors (Lipinski definition) is 4. The van der Waals surface area contributed by atoms with Gasteiger partial charge in [-0.1, -0.05) is 18.0 Å². The van der Waals surface area contributed by atoms with E-state index in [1.54, 1.807) is 13.1 Å². The van der Waals surface area contributed by atoms with E-state index in [9.17, 15) is 8.78 Å². The standard InChI is InChI=1S/C19H25ClF2N6O.HI/c1-23-19(25-12-13-11-14(20)6-7-15(13)29-18(21)22)24-9-8-17-27-26-16-5-3-2-4-10-28(16)17;/h6-7,11,18H,2-5,8-10,12H2,1H3,(H2,23,24,25);1H. The summed E-state index contributed by atoms with van der Waals surface area (Å²) in [5.74, 6) is 2.65. The van der Waals surface area contributed by atoms with Crippen LogP contribution in [0, 0.1) is 0 Å². The molecule has 0 aliphatic carbocycles. The van der Waals surface area contributed by atoms with Gasteiger partial charge in [0.05, 0.1) is 0 Å². The SMILES string of the molecule is CN=C(NCCc1nnc2n1CCCCC2)NCc1cc(Cl)ccc1OC(F)F.I. The lowest BCUT2D eigenvalue weighted by Crippen LogP contribution is -2.38. The van der Waals surface area contributed by atoms with Gasteiger partial charge in [-0.15, -0.1) is 34.2 Å². The van der Waals surface area contributed by atoms with E-state index < -0.39 is 6.61 Å². The van der Waals surface area contributed by atoms with Crippen LogP contribution in [-0.2, 0) is 25.9 Å². The molecule has 2 heterocycles. The fraction of sp³-hybridized carbons (Fsp3) is 0.526. The van der Waals surface area contributed by atoms with E-state index in [2.05, 4.69) is 35.1 Å². The van der Waals surface area contributed by atoms with Crippen LogP contribution in [0.5, 0.6) is 5.75 Å². The number of nitrogens with zero attached hydrogens (tertiary/aromatic N) is 4. The molecular weight excluding hydrogens is 529 g/mol. The zero-order chi connectivity index (χ0) is 20.6. The highest BCUT2D eigenvalue weighted by Gasteiger charge is 2.15. The van der Waals surface area contributed by atoms with Crippen molar-refractivity contribution in [2.45, 2.75) is 51.8 Å². The zero-order valence-corrected chi connectivity index (χ0v) is 19.8. The number of rotatable bonds is 7. The van der Waals surface area contributed by atoms with Crippen LogP contribution in [0.15, 0.2) is 23.2 Å². The first-order valence-corrected chi connectivity index (χ1v) is 10.0. The summed E-state index contributed by atoms with van der Waals surface area (Å²) in [6, 6.07) is 4.53. The highest BCUT2D eigenvalue weighted by Crippen LogP contribution is 2.24. The van der Waals surface area contributed by atoms with E-state index in [-0.39, 0.29) is 36.3 Å². The van der Waals surface area contributed by atoms with E-state index in [4.69, 9.17) is 11.6 Å². The van der Waals surface area contributed by atoms with E-state index in [1.807, 2.05) is 0 Å². The number of nitrogens with one attached hydrogen (secondary N) is 2. The smallest absolute Gasteiger partial charge is 0.387 e. The van der Waals surface area contributed by atoms with Crippen molar-refractivity contribution < 1.29 is 13.5 Å². The zero-order valence-electron chi connectivity index (χ0n) is 16.7. The largest absolute Gasteiger partial charge is 0.434 e. The van der Waals surface area contributed by atoms with Gasteiger partial charge in [-0.25, -0.2) is 0 Å². The Morgan fingerprint density at radius 2 is 2.10 bits per heavy atom. The highest BCUT2D eigenvalue weighted by atomic mass is 127. The third kappa shape index (κ3) is 6.93. The summed E-state index contributed by atoms with van der Waals surface area (Å²) in [4.78, 5) is 4.17. The normalized spacial score (nSPS) is 14.0. The van der Waals surface area contributed by atoms with Gasteiger partial charge in [0.15, 0.2) is 5.96 Å². The number of benzene rings is 1. The maximum atomic E-state index is 12.6. The van der Waals surface area contributed by atoms with Crippen molar-refractivity contribution in [1.82, 2.24) is 25.4 Å². The number of ether oxygens (including phenoxy) is 1. The van der Waals surface area contributed by atoms with Crippen LogP contribution in [0.2, 0.25) is 5.02 Å². The van der Waals surface area contributed by atoms with Crippen molar-refractivity contribution in [3.63, 3.8) is 0 Å². The second kappa shape index (κ2) is 12.2. The van der Waals surface area contributed by atoms with Crippen LogP contribution in [0.3, 0.4) is 0 Å². The summed E-state index contributed by atoms with van der Waals surface area (Å²) in [5, 5.41) is 15.4. The third-order valence-electron chi connectivity index (χ3n) is 4.74. The number of aliphatic imine (C=N–C) groups is 1. The second-order valence-corrected chi connectivity index (χ2v) is 7.16. The minimum atomic E-state index is -2.90. The fourth-order valence-corrected chi connectivity index (χ4v) is 3.51. The van der Waals surface area contributed by atoms with E-state index in [0.717, 1.165) is 37.5 Å². The van der Waals surface area contributed by atoms with Gasteiger partial charge >= 0.3 is 6.61 Å². The number of hydrogen-bond donors (Lipinski definition) is 2. The molecule has 166 valence electrons. The Morgan fingerprint density at radius 1 is 1.27 bits per heavy atom.